The zero-order valence-corrected chi connectivity index (χ0v) is 15.6. The monoisotopic (exact) mass is 374 g/mol. The largest absolute Gasteiger partial charge is 0.440 e. The lowest BCUT2D eigenvalue weighted by molar-refractivity contribution is 0.510. The van der Waals surface area contributed by atoms with Crippen molar-refractivity contribution in [1.82, 2.24) is 4.98 Å². The van der Waals surface area contributed by atoms with Crippen molar-refractivity contribution in [3.05, 3.63) is 53.5 Å². The molecule has 0 atom stereocenters. The Morgan fingerprint density at radius 3 is 2.72 bits per heavy atom. The first-order valence-corrected chi connectivity index (χ1v) is 10.4. The van der Waals surface area contributed by atoms with Crippen LogP contribution in [-0.4, -0.2) is 13.4 Å². The second-order valence-electron chi connectivity index (χ2n) is 6.38. The predicted octanol–water partition coefficient (Wildman–Crippen LogP) is 4.70. The Morgan fingerprint density at radius 2 is 2.00 bits per heavy atom. The normalized spacial score (nSPS) is 14.6. The summed E-state index contributed by atoms with van der Waals surface area (Å²) in [7, 11) is -3.63. The molecule has 0 saturated heterocycles. The lowest BCUT2D eigenvalue weighted by Crippen LogP contribution is -2.12. The molecule has 4 rings (SSSR count). The van der Waals surface area contributed by atoms with Crippen LogP contribution in [0.25, 0.3) is 10.6 Å². The van der Waals surface area contributed by atoms with E-state index < -0.39 is 10.0 Å². The van der Waals surface area contributed by atoms with Gasteiger partial charge in [0.25, 0.3) is 10.0 Å². The molecule has 7 heteroatoms. The molecule has 0 bridgehead atoms. The van der Waals surface area contributed by atoms with E-state index >= 15 is 0 Å². The lowest BCUT2D eigenvalue weighted by atomic mass is 10.1. The first-order chi connectivity index (χ1) is 11.9. The molecule has 2 heterocycles. The number of rotatable bonds is 5. The fraction of sp³-hybridized carbons (Fsp3) is 0.278. The number of hydrogen-bond donors (Lipinski definition) is 1. The topological polar surface area (TPSA) is 72.2 Å². The summed E-state index contributed by atoms with van der Waals surface area (Å²) in [6, 6.07) is 8.99. The van der Waals surface area contributed by atoms with Gasteiger partial charge in [0.15, 0.2) is 11.7 Å². The van der Waals surface area contributed by atoms with Gasteiger partial charge in [-0.25, -0.2) is 13.4 Å². The van der Waals surface area contributed by atoms with Crippen molar-refractivity contribution in [2.24, 2.45) is 0 Å². The van der Waals surface area contributed by atoms with E-state index in [0.717, 1.165) is 34.7 Å². The van der Waals surface area contributed by atoms with E-state index in [9.17, 15) is 8.42 Å². The Morgan fingerprint density at radius 1 is 1.20 bits per heavy atom. The highest BCUT2D eigenvalue weighted by atomic mass is 32.2. The highest BCUT2D eigenvalue weighted by Gasteiger charge is 2.29. The summed E-state index contributed by atoms with van der Waals surface area (Å²) in [6.45, 7) is 3.86. The summed E-state index contributed by atoms with van der Waals surface area (Å²) in [5.74, 6) is 1.81. The van der Waals surface area contributed by atoms with Gasteiger partial charge < -0.3 is 4.42 Å². The van der Waals surface area contributed by atoms with Crippen LogP contribution in [0, 0.1) is 13.8 Å². The summed E-state index contributed by atoms with van der Waals surface area (Å²) < 4.78 is 34.0. The van der Waals surface area contributed by atoms with Crippen molar-refractivity contribution >= 4 is 27.0 Å². The van der Waals surface area contributed by atoms with Crippen LogP contribution in [0.3, 0.4) is 0 Å². The van der Waals surface area contributed by atoms with Gasteiger partial charge in [0.2, 0.25) is 0 Å². The molecule has 0 radical (unpaired) electrons. The molecule has 0 unspecified atom stereocenters. The van der Waals surface area contributed by atoms with Crippen LogP contribution in [0.5, 0.6) is 0 Å². The standard InChI is InChI=1S/C18H18N2O3S2/c1-11-3-6-14(12(2)9-11)20-25(21,22)17-8-7-16(24-17)15-10-19-18(23-15)13-4-5-13/h3,6-10,13,20H,4-5H2,1-2H3. The number of oxazole rings is 1. The number of thiophene rings is 1. The van der Waals surface area contributed by atoms with Crippen molar-refractivity contribution in [2.75, 3.05) is 4.72 Å². The molecule has 1 aromatic carbocycles. The maximum Gasteiger partial charge on any atom is 0.271 e. The molecule has 1 aliphatic rings. The average molecular weight is 374 g/mol. The molecule has 1 aliphatic carbocycles. The summed E-state index contributed by atoms with van der Waals surface area (Å²) in [6.07, 6.45) is 3.90. The highest BCUT2D eigenvalue weighted by Crippen LogP contribution is 2.41. The van der Waals surface area contributed by atoms with Gasteiger partial charge in [-0.15, -0.1) is 11.3 Å². The maximum atomic E-state index is 12.7. The second-order valence-corrected chi connectivity index (χ2v) is 9.37. The number of aromatic nitrogens is 1. The number of hydrogen-bond acceptors (Lipinski definition) is 5. The summed E-state index contributed by atoms with van der Waals surface area (Å²) in [4.78, 5) is 5.05. The molecule has 0 amide bonds. The van der Waals surface area contributed by atoms with E-state index in [-0.39, 0.29) is 4.21 Å². The van der Waals surface area contributed by atoms with Crippen LogP contribution in [0.15, 0.2) is 45.2 Å². The number of aryl methyl sites for hydroxylation is 2. The zero-order chi connectivity index (χ0) is 17.6. The van der Waals surface area contributed by atoms with Gasteiger partial charge in [-0.2, -0.15) is 0 Å². The molecule has 3 aromatic rings. The molecule has 1 N–H and O–H groups in total. The quantitative estimate of drug-likeness (QED) is 0.703. The van der Waals surface area contributed by atoms with Crippen molar-refractivity contribution in [1.29, 1.82) is 0 Å². The minimum Gasteiger partial charge on any atom is -0.440 e. The van der Waals surface area contributed by atoms with Crippen LogP contribution in [0.1, 0.15) is 35.8 Å². The van der Waals surface area contributed by atoms with E-state index in [1.54, 1.807) is 24.4 Å². The predicted molar refractivity (Wildman–Crippen MR) is 98.5 cm³/mol. The highest BCUT2D eigenvalue weighted by molar-refractivity contribution is 7.94. The molecule has 25 heavy (non-hydrogen) atoms. The Hall–Kier alpha value is -2.12. The molecule has 0 aliphatic heterocycles. The fourth-order valence-electron chi connectivity index (χ4n) is 2.64. The van der Waals surface area contributed by atoms with Crippen LogP contribution < -0.4 is 4.72 Å². The van der Waals surface area contributed by atoms with Crippen molar-refractivity contribution in [2.45, 2.75) is 36.8 Å². The molecular formula is C18H18N2O3S2. The van der Waals surface area contributed by atoms with E-state index in [1.807, 2.05) is 26.0 Å². The minimum atomic E-state index is -3.63. The molecule has 2 aromatic heterocycles. The summed E-state index contributed by atoms with van der Waals surface area (Å²) in [5.41, 5.74) is 2.58. The summed E-state index contributed by atoms with van der Waals surface area (Å²) >= 11 is 1.18. The Labute approximate surface area is 150 Å². The van der Waals surface area contributed by atoms with Crippen molar-refractivity contribution < 1.29 is 12.8 Å². The van der Waals surface area contributed by atoms with Crippen LogP contribution in [0.2, 0.25) is 0 Å². The van der Waals surface area contributed by atoms with Gasteiger partial charge in [-0.3, -0.25) is 4.72 Å². The summed E-state index contributed by atoms with van der Waals surface area (Å²) in [5, 5.41) is 0. The molecule has 0 spiro atoms. The number of nitrogens with one attached hydrogen (secondary N) is 1. The third-order valence-electron chi connectivity index (χ3n) is 4.17. The molecule has 1 fully saturated rings. The number of anilines is 1. The van der Waals surface area contributed by atoms with Crippen molar-refractivity contribution in [3.8, 4) is 10.6 Å². The fourth-order valence-corrected chi connectivity index (χ4v) is 5.02. The minimum absolute atomic E-state index is 0.256. The SMILES string of the molecule is Cc1ccc(NS(=O)(=O)c2ccc(-c3cnc(C4CC4)o3)s2)c(C)c1. The maximum absolute atomic E-state index is 12.7. The van der Waals surface area contributed by atoms with Gasteiger partial charge in [0.1, 0.15) is 4.21 Å². The zero-order valence-electron chi connectivity index (χ0n) is 13.9. The van der Waals surface area contributed by atoms with Gasteiger partial charge in [-0.05, 0) is 50.5 Å². The van der Waals surface area contributed by atoms with Gasteiger partial charge in [-0.1, -0.05) is 17.7 Å². The van der Waals surface area contributed by atoms with Gasteiger partial charge >= 0.3 is 0 Å². The van der Waals surface area contributed by atoms with E-state index in [4.69, 9.17) is 4.42 Å². The van der Waals surface area contributed by atoms with Crippen LogP contribution in [0.4, 0.5) is 5.69 Å². The molecule has 1 saturated carbocycles. The van der Waals surface area contributed by atoms with Crippen LogP contribution >= 0.6 is 11.3 Å². The lowest BCUT2D eigenvalue weighted by Gasteiger charge is -2.09. The number of nitrogens with zero attached hydrogens (tertiary/aromatic N) is 1. The average Bonchev–Trinajstić information content (AvgIpc) is 3.09. The van der Waals surface area contributed by atoms with Gasteiger partial charge in [0, 0.05) is 5.92 Å². The first kappa shape index (κ1) is 16.4. The smallest absolute Gasteiger partial charge is 0.271 e. The second kappa shape index (κ2) is 6.00. The number of benzene rings is 1. The van der Waals surface area contributed by atoms with E-state index in [0.29, 0.717) is 17.4 Å². The molecule has 5 nitrogen and oxygen atoms in total. The van der Waals surface area contributed by atoms with Crippen LogP contribution in [-0.2, 0) is 10.0 Å². The van der Waals surface area contributed by atoms with Gasteiger partial charge in [0.05, 0.1) is 16.8 Å². The molecule has 130 valence electrons. The Kier molecular flexibility index (Phi) is 3.92. The molecular weight excluding hydrogens is 356 g/mol. The number of sulfonamides is 1. The third-order valence-corrected chi connectivity index (χ3v) is 7.12. The third kappa shape index (κ3) is 3.34. The first-order valence-electron chi connectivity index (χ1n) is 8.08. The Balaban J connectivity index is 1.59. The van der Waals surface area contributed by atoms with E-state index in [2.05, 4.69) is 9.71 Å². The van der Waals surface area contributed by atoms with E-state index in [1.165, 1.54) is 11.3 Å². The van der Waals surface area contributed by atoms with Crippen molar-refractivity contribution in [3.63, 3.8) is 0 Å². The Bertz CT molecular complexity index is 1030.